The fourth-order valence-electron chi connectivity index (χ4n) is 1.30. The smallest absolute Gasteiger partial charge is 0.339 e. The molecule has 2 heterocycles. The maximum Gasteiger partial charge on any atom is 0.339 e. The standard InChI is InChI=1S/C11H8N6O2/c12-2-6-3-15-10(5-14-6)17-9-1-8(13)7(4-16-9)11(18)19/h1,3-5H,(H,18,19)(H3,13,15,16,17). The average molecular weight is 256 g/mol. The molecular formula is C11H8N6O2. The van der Waals surface area contributed by atoms with Crippen LogP contribution in [0.4, 0.5) is 17.3 Å². The number of aromatic carboxylic acids is 1. The van der Waals surface area contributed by atoms with E-state index in [1.54, 1.807) is 0 Å². The van der Waals surface area contributed by atoms with E-state index in [1.807, 2.05) is 6.07 Å². The largest absolute Gasteiger partial charge is 0.478 e. The van der Waals surface area contributed by atoms with Crippen LogP contribution in [0.25, 0.3) is 0 Å². The van der Waals surface area contributed by atoms with Crippen molar-refractivity contribution < 1.29 is 9.90 Å². The highest BCUT2D eigenvalue weighted by atomic mass is 16.4. The number of nitrogens with two attached hydrogens (primary N) is 1. The van der Waals surface area contributed by atoms with Crippen molar-refractivity contribution in [2.45, 2.75) is 0 Å². The number of hydrogen-bond acceptors (Lipinski definition) is 7. The lowest BCUT2D eigenvalue weighted by molar-refractivity contribution is 0.0697. The molecule has 4 N–H and O–H groups in total. The molecule has 0 unspecified atom stereocenters. The summed E-state index contributed by atoms with van der Waals surface area (Å²) in [4.78, 5) is 22.4. The van der Waals surface area contributed by atoms with Crippen molar-refractivity contribution >= 4 is 23.3 Å². The number of pyridine rings is 1. The Morgan fingerprint density at radius 3 is 2.53 bits per heavy atom. The summed E-state index contributed by atoms with van der Waals surface area (Å²) in [6, 6.07) is 3.22. The zero-order valence-electron chi connectivity index (χ0n) is 9.53. The summed E-state index contributed by atoms with van der Waals surface area (Å²) in [5.74, 6) is -0.440. The van der Waals surface area contributed by atoms with Crippen LogP contribution in [-0.4, -0.2) is 26.0 Å². The molecule has 0 aliphatic carbocycles. The number of carboxylic acids is 1. The Morgan fingerprint density at radius 2 is 2.00 bits per heavy atom. The van der Waals surface area contributed by atoms with Crippen molar-refractivity contribution in [1.29, 1.82) is 5.26 Å². The van der Waals surface area contributed by atoms with Crippen LogP contribution in [-0.2, 0) is 0 Å². The van der Waals surface area contributed by atoms with Crippen LogP contribution in [0.3, 0.4) is 0 Å². The van der Waals surface area contributed by atoms with E-state index in [9.17, 15) is 4.79 Å². The van der Waals surface area contributed by atoms with E-state index < -0.39 is 5.97 Å². The van der Waals surface area contributed by atoms with Crippen molar-refractivity contribution in [2.75, 3.05) is 11.1 Å². The molecule has 0 aliphatic rings. The Labute approximate surface area is 107 Å². The molecule has 0 radical (unpaired) electrons. The lowest BCUT2D eigenvalue weighted by Crippen LogP contribution is -2.05. The fourth-order valence-corrected chi connectivity index (χ4v) is 1.30. The highest BCUT2D eigenvalue weighted by Gasteiger charge is 2.09. The second-order valence-electron chi connectivity index (χ2n) is 3.49. The Balaban J connectivity index is 2.21. The molecule has 2 aromatic heterocycles. The van der Waals surface area contributed by atoms with Crippen LogP contribution in [0.2, 0.25) is 0 Å². The topological polar surface area (TPSA) is 138 Å². The molecule has 2 aromatic rings. The zero-order chi connectivity index (χ0) is 13.8. The van der Waals surface area contributed by atoms with Gasteiger partial charge in [-0.15, -0.1) is 0 Å². The number of aromatic nitrogens is 3. The summed E-state index contributed by atoms with van der Waals surface area (Å²) in [7, 11) is 0. The monoisotopic (exact) mass is 256 g/mol. The molecule has 0 aromatic carbocycles. The van der Waals surface area contributed by atoms with Gasteiger partial charge in [-0.2, -0.15) is 5.26 Å². The number of carbonyl (C=O) groups is 1. The Kier molecular flexibility index (Phi) is 3.20. The summed E-state index contributed by atoms with van der Waals surface area (Å²) in [6.45, 7) is 0. The van der Waals surface area contributed by atoms with E-state index >= 15 is 0 Å². The second kappa shape index (κ2) is 4.97. The molecule has 0 bridgehead atoms. The van der Waals surface area contributed by atoms with E-state index in [4.69, 9.17) is 16.1 Å². The van der Waals surface area contributed by atoms with Gasteiger partial charge in [-0.3, -0.25) is 0 Å². The summed E-state index contributed by atoms with van der Waals surface area (Å²) < 4.78 is 0. The van der Waals surface area contributed by atoms with Crippen LogP contribution < -0.4 is 11.1 Å². The fraction of sp³-hybridized carbons (Fsp3) is 0. The third kappa shape index (κ3) is 2.73. The molecule has 8 nitrogen and oxygen atoms in total. The molecule has 19 heavy (non-hydrogen) atoms. The first-order valence-electron chi connectivity index (χ1n) is 5.08. The van der Waals surface area contributed by atoms with Gasteiger partial charge in [-0.05, 0) is 0 Å². The van der Waals surface area contributed by atoms with Gasteiger partial charge in [0.2, 0.25) is 0 Å². The van der Waals surface area contributed by atoms with Gasteiger partial charge < -0.3 is 16.2 Å². The van der Waals surface area contributed by atoms with Crippen molar-refractivity contribution in [3.8, 4) is 6.07 Å². The molecule has 0 amide bonds. The van der Waals surface area contributed by atoms with E-state index in [0.29, 0.717) is 11.6 Å². The molecule has 0 aliphatic heterocycles. The first-order chi connectivity index (χ1) is 9.10. The van der Waals surface area contributed by atoms with Gasteiger partial charge in [0.15, 0.2) is 5.69 Å². The number of nitrogens with one attached hydrogen (secondary N) is 1. The lowest BCUT2D eigenvalue weighted by Gasteiger charge is -2.06. The lowest BCUT2D eigenvalue weighted by atomic mass is 10.2. The maximum atomic E-state index is 10.8. The number of nitrogens with zero attached hydrogens (tertiary/aromatic N) is 4. The minimum absolute atomic E-state index is 0.0727. The first-order valence-corrected chi connectivity index (χ1v) is 5.08. The SMILES string of the molecule is N#Cc1cnc(Nc2cc(N)c(C(=O)O)cn2)cn1. The van der Waals surface area contributed by atoms with Crippen molar-refractivity contribution in [1.82, 2.24) is 15.0 Å². The molecule has 0 saturated carbocycles. The molecule has 8 heteroatoms. The summed E-state index contributed by atoms with van der Waals surface area (Å²) in [6.07, 6.45) is 3.82. The highest BCUT2D eigenvalue weighted by molar-refractivity contribution is 5.93. The third-order valence-corrected chi connectivity index (χ3v) is 2.19. The van der Waals surface area contributed by atoms with Crippen LogP contribution in [0.15, 0.2) is 24.7 Å². The predicted octanol–water partition coefficient (Wildman–Crippen LogP) is 0.767. The Bertz CT molecular complexity index is 662. The first kappa shape index (κ1) is 12.3. The molecular weight excluding hydrogens is 248 g/mol. The van der Waals surface area contributed by atoms with Gasteiger partial charge >= 0.3 is 5.97 Å². The van der Waals surface area contributed by atoms with Gasteiger partial charge in [-0.1, -0.05) is 0 Å². The van der Waals surface area contributed by atoms with Crippen LogP contribution in [0.1, 0.15) is 16.1 Å². The second-order valence-corrected chi connectivity index (χ2v) is 3.49. The molecule has 0 atom stereocenters. The molecule has 0 spiro atoms. The average Bonchev–Trinajstić information content (AvgIpc) is 2.39. The van der Waals surface area contributed by atoms with Crippen LogP contribution in [0, 0.1) is 11.3 Å². The van der Waals surface area contributed by atoms with E-state index in [-0.39, 0.29) is 16.9 Å². The van der Waals surface area contributed by atoms with Gasteiger partial charge in [0.25, 0.3) is 0 Å². The summed E-state index contributed by atoms with van der Waals surface area (Å²) in [5, 5.41) is 20.2. The third-order valence-electron chi connectivity index (χ3n) is 2.19. The Hall–Kier alpha value is -3.21. The van der Waals surface area contributed by atoms with Crippen molar-refractivity contribution in [2.24, 2.45) is 0 Å². The maximum absolute atomic E-state index is 10.8. The van der Waals surface area contributed by atoms with Gasteiger partial charge in [0, 0.05) is 12.3 Å². The predicted molar refractivity (Wildman–Crippen MR) is 65.6 cm³/mol. The molecule has 0 fully saturated rings. The zero-order valence-corrected chi connectivity index (χ0v) is 9.53. The van der Waals surface area contributed by atoms with E-state index in [0.717, 1.165) is 6.20 Å². The van der Waals surface area contributed by atoms with E-state index in [2.05, 4.69) is 20.3 Å². The number of anilines is 3. The quantitative estimate of drug-likeness (QED) is 0.731. The molecule has 94 valence electrons. The van der Waals surface area contributed by atoms with Gasteiger partial charge in [-0.25, -0.2) is 19.7 Å². The number of carboxylic acid groups (broad SMARTS) is 1. The van der Waals surface area contributed by atoms with Crippen LogP contribution >= 0.6 is 0 Å². The minimum atomic E-state index is -1.14. The molecule has 0 saturated heterocycles. The number of nitrogen functional groups attached to an aromatic ring is 1. The minimum Gasteiger partial charge on any atom is -0.478 e. The van der Waals surface area contributed by atoms with Gasteiger partial charge in [0.1, 0.15) is 23.3 Å². The van der Waals surface area contributed by atoms with Crippen molar-refractivity contribution in [3.05, 3.63) is 35.9 Å². The Morgan fingerprint density at radius 1 is 1.26 bits per heavy atom. The number of rotatable bonds is 3. The normalized spacial score (nSPS) is 9.63. The van der Waals surface area contributed by atoms with Crippen molar-refractivity contribution in [3.63, 3.8) is 0 Å². The molecule has 2 rings (SSSR count). The van der Waals surface area contributed by atoms with E-state index in [1.165, 1.54) is 18.5 Å². The summed E-state index contributed by atoms with van der Waals surface area (Å²) >= 11 is 0. The van der Waals surface area contributed by atoms with Crippen LogP contribution in [0.5, 0.6) is 0 Å². The number of hydrogen-bond donors (Lipinski definition) is 3. The number of nitriles is 1. The summed E-state index contributed by atoms with van der Waals surface area (Å²) in [5.41, 5.74) is 5.79. The van der Waals surface area contributed by atoms with Gasteiger partial charge in [0.05, 0.1) is 18.1 Å². The highest BCUT2D eigenvalue weighted by Crippen LogP contribution is 2.17.